The minimum Gasteiger partial charge on any atom is -0.337 e. The number of amides is 2. The van der Waals surface area contributed by atoms with E-state index in [1.807, 2.05) is 10.3 Å². The van der Waals surface area contributed by atoms with E-state index in [1.165, 1.54) is 11.3 Å². The lowest BCUT2D eigenvalue weighted by atomic mass is 10.2. The van der Waals surface area contributed by atoms with Crippen molar-refractivity contribution in [2.24, 2.45) is 0 Å². The van der Waals surface area contributed by atoms with Crippen LogP contribution in [0.1, 0.15) is 25.5 Å². The molecule has 130 valence electrons. The van der Waals surface area contributed by atoms with E-state index in [2.05, 4.69) is 17.2 Å². The van der Waals surface area contributed by atoms with Crippen LogP contribution >= 0.6 is 36.2 Å². The maximum atomic E-state index is 12.4. The van der Waals surface area contributed by atoms with E-state index in [9.17, 15) is 9.59 Å². The second-order valence-corrected chi connectivity index (χ2v) is 6.42. The number of anilines is 1. The minimum atomic E-state index is 0. The number of rotatable bonds is 3. The van der Waals surface area contributed by atoms with Gasteiger partial charge in [0.05, 0.1) is 12.1 Å². The quantitative estimate of drug-likeness (QED) is 0.862. The van der Waals surface area contributed by atoms with E-state index in [0.717, 1.165) is 43.4 Å². The summed E-state index contributed by atoms with van der Waals surface area (Å²) in [5.41, 5.74) is 0.769. The normalized spacial score (nSPS) is 20.9. The van der Waals surface area contributed by atoms with Gasteiger partial charge in [-0.3, -0.25) is 14.5 Å². The van der Waals surface area contributed by atoms with Crippen LogP contribution in [-0.4, -0.2) is 53.9 Å². The number of piperazine rings is 1. The SMILES string of the molecule is CC1CNCCN1C(=O)Cc1csc(N2CCCC2=O)n1.Cl.Cl. The van der Waals surface area contributed by atoms with E-state index in [0.29, 0.717) is 12.8 Å². The first-order valence-electron chi connectivity index (χ1n) is 7.40. The van der Waals surface area contributed by atoms with Gasteiger partial charge in [0.25, 0.3) is 0 Å². The number of halogens is 2. The molecule has 2 saturated heterocycles. The highest BCUT2D eigenvalue weighted by Gasteiger charge is 2.26. The highest BCUT2D eigenvalue weighted by molar-refractivity contribution is 7.14. The summed E-state index contributed by atoms with van der Waals surface area (Å²) < 4.78 is 0. The zero-order chi connectivity index (χ0) is 14.8. The Balaban J connectivity index is 0.00000132. The molecule has 2 fully saturated rings. The van der Waals surface area contributed by atoms with Gasteiger partial charge in [-0.15, -0.1) is 36.2 Å². The van der Waals surface area contributed by atoms with Crippen molar-refractivity contribution in [3.63, 3.8) is 0 Å². The molecule has 1 aromatic heterocycles. The molecule has 3 rings (SSSR count). The van der Waals surface area contributed by atoms with Crippen LogP contribution in [-0.2, 0) is 16.0 Å². The van der Waals surface area contributed by atoms with Gasteiger partial charge in [0, 0.05) is 44.0 Å². The number of nitrogens with one attached hydrogen (secondary N) is 1. The predicted molar refractivity (Wildman–Crippen MR) is 95.9 cm³/mol. The van der Waals surface area contributed by atoms with Crippen molar-refractivity contribution in [3.8, 4) is 0 Å². The first kappa shape index (κ1) is 20.2. The van der Waals surface area contributed by atoms with Gasteiger partial charge in [-0.1, -0.05) is 0 Å². The fraction of sp³-hybridized carbons (Fsp3) is 0.643. The number of carbonyl (C=O) groups is 2. The molecule has 0 radical (unpaired) electrons. The lowest BCUT2D eigenvalue weighted by Gasteiger charge is -2.33. The first-order chi connectivity index (χ1) is 10.1. The summed E-state index contributed by atoms with van der Waals surface area (Å²) in [5, 5.41) is 5.90. The molecule has 0 spiro atoms. The molecule has 6 nitrogen and oxygen atoms in total. The second kappa shape index (κ2) is 8.82. The van der Waals surface area contributed by atoms with Gasteiger partial charge < -0.3 is 10.2 Å². The molecule has 2 amide bonds. The van der Waals surface area contributed by atoms with Gasteiger partial charge >= 0.3 is 0 Å². The molecule has 23 heavy (non-hydrogen) atoms. The number of aromatic nitrogens is 1. The molecule has 2 aliphatic heterocycles. The summed E-state index contributed by atoms with van der Waals surface area (Å²) in [5.74, 6) is 0.256. The van der Waals surface area contributed by atoms with Crippen LogP contribution in [0.3, 0.4) is 0 Å². The monoisotopic (exact) mass is 380 g/mol. The molecular formula is C14H22Cl2N4O2S. The highest BCUT2D eigenvalue weighted by Crippen LogP contribution is 2.25. The Hall–Kier alpha value is -0.890. The molecule has 1 unspecified atom stereocenters. The van der Waals surface area contributed by atoms with Crippen molar-refractivity contribution in [1.82, 2.24) is 15.2 Å². The van der Waals surface area contributed by atoms with Crippen molar-refractivity contribution in [2.75, 3.05) is 31.1 Å². The van der Waals surface area contributed by atoms with E-state index in [-0.39, 0.29) is 42.7 Å². The Kier molecular flexibility index (Phi) is 7.73. The molecular weight excluding hydrogens is 359 g/mol. The molecule has 0 aliphatic carbocycles. The summed E-state index contributed by atoms with van der Waals surface area (Å²) in [6, 6.07) is 0.226. The van der Waals surface area contributed by atoms with Crippen LogP contribution in [0.4, 0.5) is 5.13 Å². The molecule has 1 aromatic rings. The Morgan fingerprint density at radius 2 is 2.22 bits per heavy atom. The Morgan fingerprint density at radius 1 is 1.43 bits per heavy atom. The van der Waals surface area contributed by atoms with Gasteiger partial charge in [0.15, 0.2) is 5.13 Å². The Morgan fingerprint density at radius 3 is 2.87 bits per heavy atom. The predicted octanol–water partition coefficient (Wildman–Crippen LogP) is 1.48. The van der Waals surface area contributed by atoms with Crippen molar-refractivity contribution in [3.05, 3.63) is 11.1 Å². The third kappa shape index (κ3) is 4.56. The third-order valence-electron chi connectivity index (χ3n) is 4.00. The summed E-state index contributed by atoms with van der Waals surface area (Å²) in [7, 11) is 0. The first-order valence-corrected chi connectivity index (χ1v) is 8.28. The lowest BCUT2D eigenvalue weighted by molar-refractivity contribution is -0.133. The third-order valence-corrected chi connectivity index (χ3v) is 4.91. The van der Waals surface area contributed by atoms with E-state index < -0.39 is 0 Å². The molecule has 2 aliphatic rings. The van der Waals surface area contributed by atoms with Crippen molar-refractivity contribution >= 4 is 53.1 Å². The maximum Gasteiger partial charge on any atom is 0.228 e. The number of thiazole rings is 1. The van der Waals surface area contributed by atoms with Crippen LogP contribution in [0.5, 0.6) is 0 Å². The molecule has 1 atom stereocenters. The fourth-order valence-corrected chi connectivity index (χ4v) is 3.69. The van der Waals surface area contributed by atoms with Crippen LogP contribution in [0, 0.1) is 0 Å². The molecule has 1 N–H and O–H groups in total. The van der Waals surface area contributed by atoms with E-state index >= 15 is 0 Å². The van der Waals surface area contributed by atoms with Gasteiger partial charge in [-0.05, 0) is 13.3 Å². The van der Waals surface area contributed by atoms with E-state index in [1.54, 1.807) is 4.90 Å². The van der Waals surface area contributed by atoms with Gasteiger partial charge in [0.2, 0.25) is 11.8 Å². The minimum absolute atomic E-state index is 0. The standard InChI is InChI=1S/C14H20N4O2S.2ClH/c1-10-8-15-4-6-17(10)13(20)7-11-9-21-14(16-11)18-5-2-3-12(18)19;;/h9-10,15H,2-8H2,1H3;2*1H. The zero-order valence-electron chi connectivity index (χ0n) is 13.0. The molecule has 0 bridgehead atoms. The summed E-state index contributed by atoms with van der Waals surface area (Å²) >= 11 is 1.45. The summed E-state index contributed by atoms with van der Waals surface area (Å²) in [6.07, 6.45) is 1.82. The second-order valence-electron chi connectivity index (χ2n) is 5.59. The fourth-order valence-electron chi connectivity index (χ4n) is 2.82. The number of carbonyl (C=O) groups excluding carboxylic acids is 2. The van der Waals surface area contributed by atoms with E-state index in [4.69, 9.17) is 0 Å². The molecule has 0 aromatic carbocycles. The highest BCUT2D eigenvalue weighted by atomic mass is 35.5. The lowest BCUT2D eigenvalue weighted by Crippen LogP contribution is -2.52. The zero-order valence-corrected chi connectivity index (χ0v) is 15.4. The number of nitrogens with zero attached hydrogens (tertiary/aromatic N) is 3. The molecule has 9 heteroatoms. The Labute approximate surface area is 152 Å². The average Bonchev–Trinajstić information content (AvgIpc) is 3.08. The topological polar surface area (TPSA) is 65.5 Å². The van der Waals surface area contributed by atoms with Crippen molar-refractivity contribution in [1.29, 1.82) is 0 Å². The number of hydrogen-bond acceptors (Lipinski definition) is 5. The number of hydrogen-bond donors (Lipinski definition) is 1. The van der Waals surface area contributed by atoms with Gasteiger partial charge in [-0.25, -0.2) is 4.98 Å². The molecule has 0 saturated carbocycles. The maximum absolute atomic E-state index is 12.4. The smallest absolute Gasteiger partial charge is 0.228 e. The van der Waals surface area contributed by atoms with Crippen LogP contribution in [0.2, 0.25) is 0 Å². The van der Waals surface area contributed by atoms with Gasteiger partial charge in [0.1, 0.15) is 0 Å². The van der Waals surface area contributed by atoms with Crippen molar-refractivity contribution in [2.45, 2.75) is 32.2 Å². The van der Waals surface area contributed by atoms with Crippen LogP contribution in [0.25, 0.3) is 0 Å². The molecule has 3 heterocycles. The van der Waals surface area contributed by atoms with Gasteiger partial charge in [-0.2, -0.15) is 0 Å². The van der Waals surface area contributed by atoms with Crippen LogP contribution in [0.15, 0.2) is 5.38 Å². The summed E-state index contributed by atoms with van der Waals surface area (Å²) in [4.78, 5) is 32.2. The average molecular weight is 381 g/mol. The largest absolute Gasteiger partial charge is 0.337 e. The summed E-state index contributed by atoms with van der Waals surface area (Å²) in [6.45, 7) is 5.24. The van der Waals surface area contributed by atoms with Crippen LogP contribution < -0.4 is 10.2 Å². The Bertz CT molecular complexity index is 555. The van der Waals surface area contributed by atoms with Crippen molar-refractivity contribution < 1.29 is 9.59 Å².